The maximum Gasteiger partial charge on any atom is 0.416 e. The Morgan fingerprint density at radius 2 is 1.84 bits per heavy atom. The van der Waals surface area contributed by atoms with Crippen LogP contribution in [0.1, 0.15) is 30.9 Å². The fraction of sp³-hybridized carbons (Fsp3) is 0.529. The van der Waals surface area contributed by atoms with Gasteiger partial charge in [0, 0.05) is 25.7 Å². The van der Waals surface area contributed by atoms with Crippen LogP contribution in [-0.2, 0) is 17.4 Å². The minimum absolute atomic E-state index is 0.0349. The molecule has 1 aromatic rings. The maximum absolute atomic E-state index is 13.0. The Morgan fingerprint density at radius 3 is 2.44 bits per heavy atom. The third-order valence-electron chi connectivity index (χ3n) is 4.15. The number of likely N-dealkylation sites (tertiary alicyclic amines) is 1. The van der Waals surface area contributed by atoms with Crippen molar-refractivity contribution in [1.82, 2.24) is 15.5 Å². The van der Waals surface area contributed by atoms with Gasteiger partial charge in [-0.3, -0.25) is 4.79 Å². The van der Waals surface area contributed by atoms with E-state index in [-0.39, 0.29) is 24.1 Å². The molecule has 1 aliphatic heterocycles. The molecular formula is C17H22F3N3O2. The van der Waals surface area contributed by atoms with Crippen molar-refractivity contribution in [3.8, 4) is 0 Å². The molecule has 2 N–H and O–H groups in total. The molecule has 3 amide bonds. The topological polar surface area (TPSA) is 61.4 Å². The number of hydrogen-bond donors (Lipinski definition) is 2. The molecule has 1 heterocycles. The van der Waals surface area contributed by atoms with E-state index >= 15 is 0 Å². The number of alkyl halides is 3. The lowest BCUT2D eigenvalue weighted by Crippen LogP contribution is -2.49. The summed E-state index contributed by atoms with van der Waals surface area (Å²) < 4.78 is 38.9. The molecule has 1 fully saturated rings. The first-order valence-corrected chi connectivity index (χ1v) is 8.28. The maximum atomic E-state index is 13.0. The van der Waals surface area contributed by atoms with E-state index in [0.717, 1.165) is 6.07 Å². The van der Waals surface area contributed by atoms with Crippen molar-refractivity contribution < 1.29 is 22.8 Å². The monoisotopic (exact) mass is 357 g/mol. The van der Waals surface area contributed by atoms with Crippen LogP contribution in [0, 0.1) is 0 Å². The summed E-state index contributed by atoms with van der Waals surface area (Å²) in [5.41, 5.74) is -0.816. The largest absolute Gasteiger partial charge is 0.416 e. The highest BCUT2D eigenvalue weighted by Crippen LogP contribution is 2.32. The van der Waals surface area contributed by atoms with Crippen LogP contribution in [0.15, 0.2) is 24.3 Å². The van der Waals surface area contributed by atoms with Crippen LogP contribution in [0.5, 0.6) is 0 Å². The van der Waals surface area contributed by atoms with Crippen LogP contribution in [0.4, 0.5) is 18.0 Å². The molecule has 5 nitrogen and oxygen atoms in total. The summed E-state index contributed by atoms with van der Waals surface area (Å²) in [6.07, 6.45) is -3.62. The average Bonchev–Trinajstić information content (AvgIpc) is 2.55. The molecule has 0 aromatic heterocycles. The lowest BCUT2D eigenvalue weighted by atomic mass is 10.0. The molecular weight excluding hydrogens is 335 g/mol. The molecule has 1 aliphatic rings. The molecule has 1 saturated heterocycles. The minimum Gasteiger partial charge on any atom is -0.353 e. The van der Waals surface area contributed by atoms with Gasteiger partial charge in [0.25, 0.3) is 0 Å². The number of amides is 3. The van der Waals surface area contributed by atoms with Crippen molar-refractivity contribution in [3.63, 3.8) is 0 Å². The van der Waals surface area contributed by atoms with Gasteiger partial charge >= 0.3 is 12.2 Å². The Hall–Kier alpha value is -2.25. The normalized spacial score (nSPS) is 15.8. The van der Waals surface area contributed by atoms with Crippen molar-refractivity contribution in [2.24, 2.45) is 0 Å². The summed E-state index contributed by atoms with van der Waals surface area (Å²) in [7, 11) is 0. The SMILES string of the molecule is CCNC(=O)N1CCC(NC(=O)Cc2ccccc2C(F)(F)F)CC1. The molecule has 138 valence electrons. The van der Waals surface area contributed by atoms with Crippen molar-refractivity contribution in [3.05, 3.63) is 35.4 Å². The summed E-state index contributed by atoms with van der Waals surface area (Å²) in [5, 5.41) is 5.49. The third-order valence-corrected chi connectivity index (χ3v) is 4.15. The van der Waals surface area contributed by atoms with Crippen LogP contribution in [-0.4, -0.2) is 42.5 Å². The summed E-state index contributed by atoms with van der Waals surface area (Å²) in [5.74, 6) is -0.437. The minimum atomic E-state index is -4.48. The Morgan fingerprint density at radius 1 is 1.20 bits per heavy atom. The van der Waals surface area contributed by atoms with Crippen LogP contribution in [0.3, 0.4) is 0 Å². The molecule has 8 heteroatoms. The van der Waals surface area contributed by atoms with Gasteiger partial charge in [-0.15, -0.1) is 0 Å². The molecule has 0 aliphatic carbocycles. The third kappa shape index (κ3) is 5.37. The highest BCUT2D eigenvalue weighted by molar-refractivity contribution is 5.79. The molecule has 1 aromatic carbocycles. The zero-order valence-corrected chi connectivity index (χ0v) is 14.0. The van der Waals surface area contributed by atoms with E-state index in [2.05, 4.69) is 10.6 Å². The molecule has 0 bridgehead atoms. The number of rotatable bonds is 4. The number of benzene rings is 1. The van der Waals surface area contributed by atoms with Crippen LogP contribution in [0.2, 0.25) is 0 Å². The zero-order chi connectivity index (χ0) is 18.4. The van der Waals surface area contributed by atoms with Gasteiger partial charge in [0.2, 0.25) is 5.91 Å². The highest BCUT2D eigenvalue weighted by atomic mass is 19.4. The predicted octanol–water partition coefficient (Wildman–Crippen LogP) is 2.56. The lowest BCUT2D eigenvalue weighted by molar-refractivity contribution is -0.138. The molecule has 0 spiro atoms. The van der Waals surface area contributed by atoms with Gasteiger partial charge in [0.15, 0.2) is 0 Å². The number of nitrogens with one attached hydrogen (secondary N) is 2. The summed E-state index contributed by atoms with van der Waals surface area (Å²) >= 11 is 0. The van der Waals surface area contributed by atoms with E-state index in [9.17, 15) is 22.8 Å². The van der Waals surface area contributed by atoms with E-state index in [4.69, 9.17) is 0 Å². The van der Waals surface area contributed by atoms with Crippen molar-refractivity contribution in [2.75, 3.05) is 19.6 Å². The van der Waals surface area contributed by atoms with Gasteiger partial charge in [-0.25, -0.2) is 4.79 Å². The van der Waals surface area contributed by atoms with E-state index in [1.165, 1.54) is 18.2 Å². The second kappa shape index (κ2) is 8.22. The summed E-state index contributed by atoms with van der Waals surface area (Å²) in [4.78, 5) is 25.5. The second-order valence-electron chi connectivity index (χ2n) is 6.00. The highest BCUT2D eigenvalue weighted by Gasteiger charge is 2.33. The number of urea groups is 1. The van der Waals surface area contributed by atoms with Gasteiger partial charge < -0.3 is 15.5 Å². The standard InChI is InChI=1S/C17H22F3N3O2/c1-2-21-16(25)23-9-7-13(8-10-23)22-15(24)11-12-5-3-4-6-14(12)17(18,19)20/h3-6,13H,2,7-11H2,1H3,(H,21,25)(H,22,24). The number of halogens is 3. The summed E-state index contributed by atoms with van der Waals surface area (Å²) in [6, 6.07) is 4.83. The van der Waals surface area contributed by atoms with Crippen molar-refractivity contribution in [2.45, 2.75) is 38.4 Å². The van der Waals surface area contributed by atoms with Gasteiger partial charge in [-0.05, 0) is 31.4 Å². The lowest BCUT2D eigenvalue weighted by Gasteiger charge is -2.32. The first-order valence-electron chi connectivity index (χ1n) is 8.28. The van der Waals surface area contributed by atoms with Crippen LogP contribution >= 0.6 is 0 Å². The molecule has 25 heavy (non-hydrogen) atoms. The summed E-state index contributed by atoms with van der Waals surface area (Å²) in [6.45, 7) is 3.41. The van der Waals surface area contributed by atoms with E-state index in [1.54, 1.807) is 4.90 Å². The number of nitrogens with zero attached hydrogens (tertiary/aromatic N) is 1. The van der Waals surface area contributed by atoms with Crippen molar-refractivity contribution in [1.29, 1.82) is 0 Å². The van der Waals surface area contributed by atoms with Crippen LogP contribution in [0.25, 0.3) is 0 Å². The number of piperidine rings is 1. The van der Waals surface area contributed by atoms with E-state index in [0.29, 0.717) is 32.5 Å². The van der Waals surface area contributed by atoms with Crippen LogP contribution < -0.4 is 10.6 Å². The first-order chi connectivity index (χ1) is 11.8. The molecule has 0 unspecified atom stereocenters. The zero-order valence-electron chi connectivity index (χ0n) is 14.0. The Kier molecular flexibility index (Phi) is 6.27. The van der Waals surface area contributed by atoms with Gasteiger partial charge in [-0.1, -0.05) is 18.2 Å². The predicted molar refractivity (Wildman–Crippen MR) is 87.0 cm³/mol. The Balaban J connectivity index is 1.87. The molecule has 2 rings (SSSR count). The average molecular weight is 357 g/mol. The van der Waals surface area contributed by atoms with Gasteiger partial charge in [0.05, 0.1) is 12.0 Å². The second-order valence-corrected chi connectivity index (χ2v) is 6.00. The van der Waals surface area contributed by atoms with Crippen molar-refractivity contribution >= 4 is 11.9 Å². The number of carbonyl (C=O) groups is 2. The Bertz CT molecular complexity index is 611. The van der Waals surface area contributed by atoms with E-state index < -0.39 is 17.6 Å². The molecule has 0 radical (unpaired) electrons. The van der Waals surface area contributed by atoms with Gasteiger partial charge in [-0.2, -0.15) is 13.2 Å². The smallest absolute Gasteiger partial charge is 0.353 e. The quantitative estimate of drug-likeness (QED) is 0.870. The first kappa shape index (κ1) is 19.1. The fourth-order valence-corrected chi connectivity index (χ4v) is 2.89. The van der Waals surface area contributed by atoms with Gasteiger partial charge in [0.1, 0.15) is 0 Å². The molecule has 0 saturated carbocycles. The fourth-order valence-electron chi connectivity index (χ4n) is 2.89. The Labute approximate surface area is 144 Å². The number of carbonyl (C=O) groups excluding carboxylic acids is 2. The molecule has 0 atom stereocenters. The van der Waals surface area contributed by atoms with E-state index in [1.807, 2.05) is 6.92 Å². The number of hydrogen-bond acceptors (Lipinski definition) is 2.